The van der Waals surface area contributed by atoms with Crippen LogP contribution in [0.5, 0.6) is 11.5 Å². The summed E-state index contributed by atoms with van der Waals surface area (Å²) in [5.41, 5.74) is 0.809. The summed E-state index contributed by atoms with van der Waals surface area (Å²) < 4.78 is 22.3. The Morgan fingerprint density at radius 3 is 2.45 bits per heavy atom. The number of amides is 3. The van der Waals surface area contributed by atoms with Crippen LogP contribution < -0.4 is 25.7 Å². The number of aromatic amines is 1. The number of rotatable bonds is 13. The first-order valence-electron chi connectivity index (χ1n) is 19.5. The minimum atomic E-state index is -1.59. The fourth-order valence-electron chi connectivity index (χ4n) is 6.96. The van der Waals surface area contributed by atoms with E-state index in [1.54, 1.807) is 35.2 Å². The van der Waals surface area contributed by atoms with Crippen LogP contribution in [0.1, 0.15) is 45.1 Å². The van der Waals surface area contributed by atoms with Crippen molar-refractivity contribution in [3.8, 4) is 22.9 Å². The number of ether oxygens (including phenoxy) is 4. The first-order chi connectivity index (χ1) is 28.7. The number of aliphatic hydroxyl groups is 4. The molecule has 0 saturated carbocycles. The van der Waals surface area contributed by atoms with Gasteiger partial charge in [-0.05, 0) is 85.7 Å². The topological polar surface area (TPSA) is 242 Å². The van der Waals surface area contributed by atoms with Crippen LogP contribution in [0.2, 0.25) is 10.0 Å². The molecule has 0 radical (unpaired) electrons. The number of nitrogens with zero attached hydrogens (tertiary/aromatic N) is 2. The Morgan fingerprint density at radius 2 is 1.72 bits per heavy atom. The Balaban J connectivity index is 1.04. The van der Waals surface area contributed by atoms with Gasteiger partial charge in [0, 0.05) is 23.1 Å². The zero-order chi connectivity index (χ0) is 43.1. The highest BCUT2D eigenvalue weighted by atomic mass is 35.5. The summed E-state index contributed by atoms with van der Waals surface area (Å²) in [5, 5.41) is 46.2. The van der Waals surface area contributed by atoms with Crippen LogP contribution in [0.25, 0.3) is 22.3 Å². The van der Waals surface area contributed by atoms with Crippen LogP contribution >= 0.6 is 23.2 Å². The highest BCUT2D eigenvalue weighted by Crippen LogP contribution is 2.32. The summed E-state index contributed by atoms with van der Waals surface area (Å²) in [6, 6.07) is 14.2. The predicted octanol–water partition coefficient (Wildman–Crippen LogP) is 3.89. The standard InChI is InChI=1S/C41H47Cl2N5O12/c1-21(2)15-30(46-40(55)57-20-22-6-10-26(11-7-22)58-39-35(52)34(51)33(50)32(19-49)59-39)38(54)44-18-25-5-3-4-14-48(25)41(56)60-31-13-9-24(43)17-28(31)36-45-29-12-8-23(42)16-27(29)37(53)47-36/h6-13,16-17,21,25,30,32-35,39,49-52H,3-5,14-15,18-20H2,1-2H3,(H,44,54)(H,46,55)(H,45,47,53)/t25?,30-,32+,33-,34-,35+,39+/m0/s1. The number of carbonyl (C=O) groups excluding carboxylic acids is 3. The lowest BCUT2D eigenvalue weighted by Gasteiger charge is -2.39. The molecule has 60 heavy (non-hydrogen) atoms. The predicted molar refractivity (Wildman–Crippen MR) is 219 cm³/mol. The van der Waals surface area contributed by atoms with Gasteiger partial charge in [0.25, 0.3) is 5.56 Å². The maximum absolute atomic E-state index is 13.7. The third-order valence-electron chi connectivity index (χ3n) is 10.1. The zero-order valence-electron chi connectivity index (χ0n) is 32.8. The Hall–Kier alpha value is -5.01. The highest BCUT2D eigenvalue weighted by molar-refractivity contribution is 6.31. The van der Waals surface area contributed by atoms with E-state index in [1.165, 1.54) is 30.3 Å². The molecule has 2 saturated heterocycles. The van der Waals surface area contributed by atoms with E-state index in [0.29, 0.717) is 57.9 Å². The minimum Gasteiger partial charge on any atom is -0.462 e. The molecule has 7 atom stereocenters. The van der Waals surface area contributed by atoms with E-state index in [-0.39, 0.29) is 36.4 Å². The molecule has 2 fully saturated rings. The quantitative estimate of drug-likeness (QED) is 0.101. The number of nitrogens with one attached hydrogen (secondary N) is 3. The lowest BCUT2D eigenvalue weighted by Crippen LogP contribution is -2.60. The molecule has 6 rings (SSSR count). The third kappa shape index (κ3) is 11.0. The first kappa shape index (κ1) is 44.5. The summed E-state index contributed by atoms with van der Waals surface area (Å²) in [6.45, 7) is 3.52. The maximum atomic E-state index is 13.7. The fourth-order valence-corrected chi connectivity index (χ4v) is 7.31. The Labute approximate surface area is 354 Å². The monoisotopic (exact) mass is 871 g/mol. The number of aliphatic hydroxyl groups excluding tert-OH is 4. The van der Waals surface area contributed by atoms with Gasteiger partial charge in [0.15, 0.2) is 0 Å². The molecular formula is C41H47Cl2N5O12. The lowest BCUT2D eigenvalue weighted by atomic mass is 9.99. The van der Waals surface area contributed by atoms with Crippen LogP contribution in [0.15, 0.2) is 65.5 Å². The Kier molecular flexibility index (Phi) is 14.9. The molecule has 2 aliphatic heterocycles. The number of hydrogen-bond donors (Lipinski definition) is 7. The summed E-state index contributed by atoms with van der Waals surface area (Å²) in [4.78, 5) is 61.9. The largest absolute Gasteiger partial charge is 0.462 e. The molecule has 17 nitrogen and oxygen atoms in total. The summed E-state index contributed by atoms with van der Waals surface area (Å²) >= 11 is 12.4. The van der Waals surface area contributed by atoms with Gasteiger partial charge in [-0.3, -0.25) is 9.59 Å². The molecule has 3 heterocycles. The van der Waals surface area contributed by atoms with E-state index in [9.17, 15) is 39.6 Å². The van der Waals surface area contributed by atoms with Gasteiger partial charge in [0.1, 0.15) is 54.4 Å². The number of likely N-dealkylation sites (tertiary alicyclic amines) is 1. The van der Waals surface area contributed by atoms with Gasteiger partial charge in [0.05, 0.1) is 29.1 Å². The Morgan fingerprint density at radius 1 is 0.983 bits per heavy atom. The third-order valence-corrected chi connectivity index (χ3v) is 10.6. The van der Waals surface area contributed by atoms with E-state index >= 15 is 0 Å². The molecule has 322 valence electrons. The van der Waals surface area contributed by atoms with Gasteiger partial charge < -0.3 is 59.9 Å². The minimum absolute atomic E-state index is 0.0249. The number of benzene rings is 3. The fraction of sp³-hybridized carbons (Fsp3) is 0.439. The number of halogens is 2. The van der Waals surface area contributed by atoms with Crippen molar-refractivity contribution >= 4 is 52.2 Å². The van der Waals surface area contributed by atoms with Crippen LogP contribution in [-0.4, -0.2) is 116 Å². The molecule has 3 aromatic carbocycles. The molecule has 19 heteroatoms. The van der Waals surface area contributed by atoms with Crippen molar-refractivity contribution in [3.63, 3.8) is 0 Å². The first-order valence-corrected chi connectivity index (χ1v) is 20.2. The van der Waals surface area contributed by atoms with E-state index in [1.807, 2.05) is 13.8 Å². The van der Waals surface area contributed by atoms with Crippen molar-refractivity contribution in [1.29, 1.82) is 0 Å². The molecule has 0 spiro atoms. The van der Waals surface area contributed by atoms with Crippen molar-refractivity contribution in [1.82, 2.24) is 25.5 Å². The highest BCUT2D eigenvalue weighted by Gasteiger charge is 2.44. The van der Waals surface area contributed by atoms with Gasteiger partial charge in [-0.2, -0.15) is 0 Å². The van der Waals surface area contributed by atoms with E-state index in [0.717, 1.165) is 6.42 Å². The normalized spacial score (nSPS) is 22.2. The van der Waals surface area contributed by atoms with Crippen LogP contribution in [-0.2, 0) is 20.9 Å². The molecule has 3 amide bonds. The van der Waals surface area contributed by atoms with Gasteiger partial charge in [0.2, 0.25) is 12.2 Å². The van der Waals surface area contributed by atoms with Crippen molar-refractivity contribution < 1.29 is 53.8 Å². The maximum Gasteiger partial charge on any atom is 0.415 e. The van der Waals surface area contributed by atoms with Gasteiger partial charge >= 0.3 is 12.2 Å². The molecule has 0 bridgehead atoms. The van der Waals surface area contributed by atoms with Crippen molar-refractivity contribution in [2.45, 2.75) is 88.9 Å². The molecule has 0 aliphatic carbocycles. The van der Waals surface area contributed by atoms with E-state index < -0.39 is 73.0 Å². The molecule has 4 aromatic rings. The number of fused-ring (bicyclic) bond motifs is 1. The van der Waals surface area contributed by atoms with Crippen LogP contribution in [0.3, 0.4) is 0 Å². The second kappa shape index (κ2) is 20.0. The lowest BCUT2D eigenvalue weighted by molar-refractivity contribution is -0.277. The second-order valence-electron chi connectivity index (χ2n) is 15.0. The van der Waals surface area contributed by atoms with Gasteiger partial charge in [-0.25, -0.2) is 14.6 Å². The van der Waals surface area contributed by atoms with Gasteiger partial charge in [-0.1, -0.05) is 49.2 Å². The summed E-state index contributed by atoms with van der Waals surface area (Å²) in [6.07, 6.45) is -6.25. The zero-order valence-corrected chi connectivity index (χ0v) is 34.3. The molecule has 2 aliphatic rings. The number of piperidine rings is 1. The molecule has 1 unspecified atom stereocenters. The summed E-state index contributed by atoms with van der Waals surface area (Å²) in [7, 11) is 0. The van der Waals surface area contributed by atoms with Gasteiger partial charge in [-0.15, -0.1) is 0 Å². The number of carbonyl (C=O) groups is 3. The Bertz CT molecular complexity index is 2210. The molecule has 1 aromatic heterocycles. The number of hydrogen-bond acceptors (Lipinski definition) is 13. The molecular weight excluding hydrogens is 825 g/mol. The summed E-state index contributed by atoms with van der Waals surface area (Å²) in [5.74, 6) is 0.0652. The second-order valence-corrected chi connectivity index (χ2v) is 15.9. The number of alkyl carbamates (subject to hydrolysis) is 1. The SMILES string of the molecule is CC(C)C[C@H](NC(=O)OCc1ccc(O[C@@H]2O[C@H](CO)[C@H](O)[C@H](O)[C@H]2O)cc1)C(=O)NCC1CCCCN1C(=O)Oc1ccc(Cl)cc1-c1nc2ccc(Cl)cc2c(=O)[nH]1. The van der Waals surface area contributed by atoms with E-state index in [2.05, 4.69) is 20.6 Å². The van der Waals surface area contributed by atoms with Crippen molar-refractivity contribution in [3.05, 3.63) is 86.6 Å². The van der Waals surface area contributed by atoms with E-state index in [4.69, 9.17) is 42.1 Å². The van der Waals surface area contributed by atoms with Crippen molar-refractivity contribution in [2.75, 3.05) is 19.7 Å². The average Bonchev–Trinajstić information content (AvgIpc) is 3.23. The molecule has 7 N–H and O–H groups in total. The number of aromatic nitrogens is 2. The van der Waals surface area contributed by atoms with Crippen LogP contribution in [0.4, 0.5) is 9.59 Å². The smallest absolute Gasteiger partial charge is 0.415 e. The number of H-pyrrole nitrogens is 1. The van der Waals surface area contributed by atoms with Crippen molar-refractivity contribution in [2.24, 2.45) is 5.92 Å². The average molecular weight is 873 g/mol. The van der Waals surface area contributed by atoms with Crippen LogP contribution in [0, 0.1) is 5.92 Å².